The summed E-state index contributed by atoms with van der Waals surface area (Å²) < 4.78 is 5.35. The van der Waals surface area contributed by atoms with E-state index in [-0.39, 0.29) is 5.92 Å². The number of hydrogen-bond acceptors (Lipinski definition) is 3. The number of hydrogen-bond donors (Lipinski definition) is 0. The third kappa shape index (κ3) is 4.60. The van der Waals surface area contributed by atoms with Crippen molar-refractivity contribution < 1.29 is 9.53 Å². The predicted octanol–water partition coefficient (Wildman–Crippen LogP) is 1.91. The van der Waals surface area contributed by atoms with Crippen molar-refractivity contribution in [3.05, 3.63) is 11.6 Å². The molecule has 0 saturated carbocycles. The van der Waals surface area contributed by atoms with Crippen molar-refractivity contribution in [1.29, 1.82) is 0 Å². The molecule has 0 atom stereocenters. The third-order valence-electron chi connectivity index (χ3n) is 4.23. The lowest BCUT2D eigenvalue weighted by Crippen LogP contribution is -2.40. The number of amides is 1. The molecule has 0 unspecified atom stereocenters. The smallest absolute Gasteiger partial charge is 0.225 e. The molecule has 2 saturated heterocycles. The van der Waals surface area contributed by atoms with Crippen LogP contribution in [-0.2, 0) is 9.53 Å². The zero-order valence-corrected chi connectivity index (χ0v) is 12.9. The van der Waals surface area contributed by atoms with E-state index in [9.17, 15) is 4.79 Å². The number of ether oxygens (including phenoxy) is 1. The van der Waals surface area contributed by atoms with Crippen LogP contribution >= 0.6 is 0 Å². The predicted molar refractivity (Wildman–Crippen MR) is 80.6 cm³/mol. The summed E-state index contributed by atoms with van der Waals surface area (Å²) in [4.78, 5) is 17.0. The van der Waals surface area contributed by atoms with Gasteiger partial charge < -0.3 is 9.64 Å². The van der Waals surface area contributed by atoms with Crippen LogP contribution in [0.3, 0.4) is 0 Å². The Morgan fingerprint density at radius 2 is 1.90 bits per heavy atom. The van der Waals surface area contributed by atoms with Gasteiger partial charge in [-0.25, -0.2) is 0 Å². The SMILES string of the molecule is CC(C)=CCN1CCCN(C(=O)C2CCOCC2)CC1. The van der Waals surface area contributed by atoms with E-state index in [0.717, 1.165) is 65.2 Å². The molecule has 0 bridgehead atoms. The molecule has 2 rings (SSSR count). The minimum atomic E-state index is 0.202. The van der Waals surface area contributed by atoms with Crippen LogP contribution < -0.4 is 0 Å². The summed E-state index contributed by atoms with van der Waals surface area (Å²) in [6.07, 6.45) is 5.16. The maximum Gasteiger partial charge on any atom is 0.225 e. The summed E-state index contributed by atoms with van der Waals surface area (Å²) in [5, 5.41) is 0. The Balaban J connectivity index is 1.82. The van der Waals surface area contributed by atoms with Crippen LogP contribution in [0, 0.1) is 5.92 Å². The first-order valence-electron chi connectivity index (χ1n) is 7.89. The van der Waals surface area contributed by atoms with Crippen LogP contribution in [0.4, 0.5) is 0 Å². The highest BCUT2D eigenvalue weighted by Crippen LogP contribution is 2.18. The minimum Gasteiger partial charge on any atom is -0.381 e. The van der Waals surface area contributed by atoms with Gasteiger partial charge in [-0.05, 0) is 33.1 Å². The average Bonchev–Trinajstić information content (AvgIpc) is 2.71. The second kappa shape index (κ2) is 7.79. The summed E-state index contributed by atoms with van der Waals surface area (Å²) in [5.41, 5.74) is 1.37. The lowest BCUT2D eigenvalue weighted by Gasteiger charge is -2.28. The van der Waals surface area contributed by atoms with Gasteiger partial charge in [0.15, 0.2) is 0 Å². The maximum absolute atomic E-state index is 12.5. The molecule has 4 nitrogen and oxygen atoms in total. The average molecular weight is 280 g/mol. The molecule has 114 valence electrons. The number of rotatable bonds is 3. The summed E-state index contributed by atoms with van der Waals surface area (Å²) in [5.74, 6) is 0.561. The second-order valence-electron chi connectivity index (χ2n) is 6.15. The van der Waals surface area contributed by atoms with Crippen molar-refractivity contribution in [2.75, 3.05) is 45.9 Å². The molecular weight excluding hydrogens is 252 g/mol. The van der Waals surface area contributed by atoms with Crippen LogP contribution in [0.5, 0.6) is 0 Å². The molecule has 0 aromatic rings. The first-order valence-corrected chi connectivity index (χ1v) is 7.89. The summed E-state index contributed by atoms with van der Waals surface area (Å²) in [6.45, 7) is 10.7. The van der Waals surface area contributed by atoms with Gasteiger partial charge in [-0.1, -0.05) is 11.6 Å². The topological polar surface area (TPSA) is 32.8 Å². The molecule has 0 N–H and O–H groups in total. The fourth-order valence-electron chi connectivity index (χ4n) is 2.89. The zero-order chi connectivity index (χ0) is 14.4. The van der Waals surface area contributed by atoms with E-state index in [4.69, 9.17) is 4.74 Å². The van der Waals surface area contributed by atoms with E-state index in [2.05, 4.69) is 29.7 Å². The van der Waals surface area contributed by atoms with Gasteiger partial charge in [-0.15, -0.1) is 0 Å². The summed E-state index contributed by atoms with van der Waals surface area (Å²) in [6, 6.07) is 0. The minimum absolute atomic E-state index is 0.202. The monoisotopic (exact) mass is 280 g/mol. The van der Waals surface area contributed by atoms with Gasteiger partial charge in [-0.2, -0.15) is 0 Å². The van der Waals surface area contributed by atoms with Gasteiger partial charge in [0.25, 0.3) is 0 Å². The van der Waals surface area contributed by atoms with Crippen LogP contribution in [0.15, 0.2) is 11.6 Å². The Hall–Kier alpha value is -0.870. The van der Waals surface area contributed by atoms with Crippen molar-refractivity contribution in [1.82, 2.24) is 9.80 Å². The Labute approximate surface area is 122 Å². The Morgan fingerprint density at radius 1 is 1.15 bits per heavy atom. The largest absolute Gasteiger partial charge is 0.381 e. The number of allylic oxidation sites excluding steroid dienone is 1. The fourth-order valence-corrected chi connectivity index (χ4v) is 2.89. The van der Waals surface area contributed by atoms with E-state index in [0.29, 0.717) is 5.91 Å². The van der Waals surface area contributed by atoms with Crippen LogP contribution in [-0.4, -0.2) is 61.6 Å². The van der Waals surface area contributed by atoms with Crippen LogP contribution in [0.1, 0.15) is 33.1 Å². The molecule has 2 fully saturated rings. The molecule has 2 heterocycles. The highest BCUT2D eigenvalue weighted by atomic mass is 16.5. The molecule has 0 spiro atoms. The van der Waals surface area contributed by atoms with E-state index >= 15 is 0 Å². The first-order chi connectivity index (χ1) is 9.66. The van der Waals surface area contributed by atoms with Gasteiger partial charge >= 0.3 is 0 Å². The Bertz CT molecular complexity index is 344. The fraction of sp³-hybridized carbons (Fsp3) is 0.812. The molecule has 2 aliphatic rings. The lowest BCUT2D eigenvalue weighted by atomic mass is 9.98. The maximum atomic E-state index is 12.5. The zero-order valence-electron chi connectivity index (χ0n) is 12.9. The molecule has 1 amide bonds. The molecule has 0 aromatic heterocycles. The van der Waals surface area contributed by atoms with Crippen LogP contribution in [0.2, 0.25) is 0 Å². The van der Waals surface area contributed by atoms with Crippen LogP contribution in [0.25, 0.3) is 0 Å². The normalized spacial score (nSPS) is 22.4. The van der Waals surface area contributed by atoms with Crippen molar-refractivity contribution in [2.24, 2.45) is 5.92 Å². The van der Waals surface area contributed by atoms with Crippen molar-refractivity contribution in [3.8, 4) is 0 Å². The van der Waals surface area contributed by atoms with E-state index in [1.807, 2.05) is 0 Å². The standard InChI is InChI=1S/C16H28N2O2/c1-14(2)4-9-17-7-3-8-18(11-10-17)16(19)15-5-12-20-13-6-15/h4,15H,3,5-13H2,1-2H3. The first kappa shape index (κ1) is 15.5. The molecular formula is C16H28N2O2. The van der Waals surface area contributed by atoms with Gasteiger partial charge in [0.05, 0.1) is 0 Å². The molecule has 4 heteroatoms. The van der Waals surface area contributed by atoms with Gasteiger partial charge in [0.2, 0.25) is 5.91 Å². The van der Waals surface area contributed by atoms with E-state index in [1.165, 1.54) is 5.57 Å². The van der Waals surface area contributed by atoms with E-state index < -0.39 is 0 Å². The van der Waals surface area contributed by atoms with Crippen molar-refractivity contribution >= 4 is 5.91 Å². The highest BCUT2D eigenvalue weighted by Gasteiger charge is 2.27. The molecule has 20 heavy (non-hydrogen) atoms. The lowest BCUT2D eigenvalue weighted by molar-refractivity contribution is -0.138. The van der Waals surface area contributed by atoms with Crippen molar-refractivity contribution in [2.45, 2.75) is 33.1 Å². The number of nitrogens with zero attached hydrogens (tertiary/aromatic N) is 2. The molecule has 0 aromatic carbocycles. The van der Waals surface area contributed by atoms with Gasteiger partial charge in [-0.3, -0.25) is 9.69 Å². The third-order valence-corrected chi connectivity index (χ3v) is 4.23. The number of carbonyl (C=O) groups is 1. The van der Waals surface area contributed by atoms with Crippen molar-refractivity contribution in [3.63, 3.8) is 0 Å². The molecule has 2 aliphatic heterocycles. The van der Waals surface area contributed by atoms with E-state index in [1.54, 1.807) is 0 Å². The van der Waals surface area contributed by atoms with Gasteiger partial charge in [0.1, 0.15) is 0 Å². The molecule has 0 aliphatic carbocycles. The Morgan fingerprint density at radius 3 is 2.60 bits per heavy atom. The number of carbonyl (C=O) groups excluding carboxylic acids is 1. The summed E-state index contributed by atoms with van der Waals surface area (Å²) in [7, 11) is 0. The molecule has 0 radical (unpaired) electrons. The second-order valence-corrected chi connectivity index (χ2v) is 6.15. The quantitative estimate of drug-likeness (QED) is 0.740. The van der Waals surface area contributed by atoms with Gasteiger partial charge in [0, 0.05) is 51.9 Å². The summed E-state index contributed by atoms with van der Waals surface area (Å²) >= 11 is 0. The highest BCUT2D eigenvalue weighted by molar-refractivity contribution is 5.79. The Kier molecular flexibility index (Phi) is 6.05.